The van der Waals surface area contributed by atoms with Crippen LogP contribution in [0.15, 0.2) is 24.3 Å². The van der Waals surface area contributed by atoms with Gasteiger partial charge in [0, 0.05) is 23.3 Å². The number of para-hydroxylation sites is 1. The quantitative estimate of drug-likeness (QED) is 0.634. The number of hydrogen-bond donors (Lipinski definition) is 2. The predicted molar refractivity (Wildman–Crippen MR) is 70.1 cm³/mol. The number of H-pyrrole nitrogens is 1. The van der Waals surface area contributed by atoms with Gasteiger partial charge in [0.15, 0.2) is 0 Å². The minimum Gasteiger partial charge on any atom is -0.341 e. The summed E-state index contributed by atoms with van der Waals surface area (Å²) in [4.78, 5) is 3.20. The van der Waals surface area contributed by atoms with Crippen molar-refractivity contribution in [1.29, 1.82) is 15.9 Å². The van der Waals surface area contributed by atoms with Crippen molar-refractivity contribution < 1.29 is 0 Å². The molecule has 90 valence electrons. The molecule has 0 radical (unpaired) electrons. The van der Waals surface area contributed by atoms with E-state index in [4.69, 9.17) is 5.41 Å². The fourth-order valence-corrected chi connectivity index (χ4v) is 2.38. The Hall–Kier alpha value is -3.05. The summed E-state index contributed by atoms with van der Waals surface area (Å²) < 4.78 is 1.59. The molecule has 0 aliphatic carbocycles. The fraction of sp³-hybridized carbons (Fsp3) is 0.0714. The Morgan fingerprint density at radius 1 is 1.16 bits per heavy atom. The number of aromatic amines is 1. The number of aryl methyl sites for hydroxylation is 1. The second-order valence-electron chi connectivity index (χ2n) is 4.28. The number of nitriles is 2. The molecule has 0 atom stereocenters. The SMILES string of the molecule is Cn1c(=N)c(C#N)c(C#N)c2c3ccccc3[nH]c21. The lowest BCUT2D eigenvalue weighted by Gasteiger charge is -2.05. The smallest absolute Gasteiger partial charge is 0.145 e. The number of fused-ring (bicyclic) bond motifs is 3. The number of pyridine rings is 1. The van der Waals surface area contributed by atoms with E-state index in [1.807, 2.05) is 30.3 Å². The Kier molecular flexibility index (Phi) is 2.17. The number of nitrogens with one attached hydrogen (secondary N) is 2. The largest absolute Gasteiger partial charge is 0.341 e. The van der Waals surface area contributed by atoms with Crippen LogP contribution in [0.2, 0.25) is 0 Å². The van der Waals surface area contributed by atoms with Gasteiger partial charge in [-0.3, -0.25) is 5.41 Å². The standard InChI is InChI=1S/C14H9N5/c1-19-13(17)10(7-16)9(6-15)12-8-4-2-3-5-11(8)18-14(12)19/h2-5,17-18H,1H3. The van der Waals surface area contributed by atoms with Gasteiger partial charge in [0.25, 0.3) is 0 Å². The molecule has 19 heavy (non-hydrogen) atoms. The lowest BCUT2D eigenvalue weighted by molar-refractivity contribution is 0.840. The molecule has 2 heterocycles. The number of rotatable bonds is 0. The second-order valence-corrected chi connectivity index (χ2v) is 4.28. The molecule has 0 unspecified atom stereocenters. The van der Waals surface area contributed by atoms with Crippen LogP contribution >= 0.6 is 0 Å². The van der Waals surface area contributed by atoms with Gasteiger partial charge in [0.05, 0.1) is 5.56 Å². The van der Waals surface area contributed by atoms with Crippen LogP contribution in [0.1, 0.15) is 11.1 Å². The molecule has 5 heteroatoms. The topological polar surface area (TPSA) is 92.2 Å². The molecule has 0 fully saturated rings. The van der Waals surface area contributed by atoms with Crippen LogP contribution in [0, 0.1) is 28.1 Å². The Bertz CT molecular complexity index is 960. The van der Waals surface area contributed by atoms with Crippen molar-refractivity contribution in [3.63, 3.8) is 0 Å². The molecule has 0 aliphatic rings. The molecule has 3 aromatic rings. The lowest BCUT2D eigenvalue weighted by atomic mass is 10.0. The van der Waals surface area contributed by atoms with Crippen molar-refractivity contribution in [3.8, 4) is 12.1 Å². The highest BCUT2D eigenvalue weighted by atomic mass is 15.0. The maximum absolute atomic E-state index is 9.33. The summed E-state index contributed by atoms with van der Waals surface area (Å²) in [5, 5.41) is 28.1. The summed E-state index contributed by atoms with van der Waals surface area (Å²) in [6.45, 7) is 0. The highest BCUT2D eigenvalue weighted by Crippen LogP contribution is 2.27. The summed E-state index contributed by atoms with van der Waals surface area (Å²) in [6, 6.07) is 11.6. The maximum atomic E-state index is 9.33. The molecule has 0 bridgehead atoms. The first kappa shape index (κ1) is 11.1. The van der Waals surface area contributed by atoms with E-state index >= 15 is 0 Å². The molecule has 0 amide bonds. The Labute approximate surface area is 108 Å². The number of benzene rings is 1. The molecule has 1 aromatic carbocycles. The summed E-state index contributed by atoms with van der Waals surface area (Å²) in [5.41, 5.74) is 1.99. The Morgan fingerprint density at radius 3 is 2.53 bits per heavy atom. The average molecular weight is 247 g/mol. The fourth-order valence-electron chi connectivity index (χ4n) is 2.38. The van der Waals surface area contributed by atoms with Crippen LogP contribution in [0.3, 0.4) is 0 Å². The van der Waals surface area contributed by atoms with Crippen LogP contribution in [-0.2, 0) is 7.05 Å². The Morgan fingerprint density at radius 2 is 1.84 bits per heavy atom. The van der Waals surface area contributed by atoms with Crippen molar-refractivity contribution in [2.45, 2.75) is 0 Å². The van der Waals surface area contributed by atoms with E-state index in [1.165, 1.54) is 0 Å². The molecule has 2 aromatic heterocycles. The number of aromatic nitrogens is 2. The molecule has 2 N–H and O–H groups in total. The highest BCUT2D eigenvalue weighted by molar-refractivity contribution is 6.09. The van der Waals surface area contributed by atoms with Crippen LogP contribution in [0.25, 0.3) is 21.9 Å². The molecule has 0 saturated heterocycles. The number of hydrogen-bond acceptors (Lipinski definition) is 3. The van der Waals surface area contributed by atoms with Gasteiger partial charge < -0.3 is 9.55 Å². The van der Waals surface area contributed by atoms with Gasteiger partial charge in [-0.15, -0.1) is 0 Å². The van der Waals surface area contributed by atoms with E-state index in [0.717, 1.165) is 10.9 Å². The third kappa shape index (κ3) is 1.30. The first-order valence-electron chi connectivity index (χ1n) is 5.67. The van der Waals surface area contributed by atoms with E-state index in [1.54, 1.807) is 11.6 Å². The van der Waals surface area contributed by atoms with E-state index in [2.05, 4.69) is 11.1 Å². The third-order valence-electron chi connectivity index (χ3n) is 3.32. The van der Waals surface area contributed by atoms with Crippen LogP contribution in [0.5, 0.6) is 0 Å². The van der Waals surface area contributed by atoms with Gasteiger partial charge in [-0.25, -0.2) is 0 Å². The van der Waals surface area contributed by atoms with Crippen LogP contribution in [0.4, 0.5) is 0 Å². The van der Waals surface area contributed by atoms with Gasteiger partial charge in [-0.05, 0) is 6.07 Å². The minimum atomic E-state index is 0.0399. The van der Waals surface area contributed by atoms with Gasteiger partial charge in [-0.2, -0.15) is 10.5 Å². The van der Waals surface area contributed by atoms with E-state index in [-0.39, 0.29) is 16.6 Å². The van der Waals surface area contributed by atoms with Gasteiger partial charge in [0.1, 0.15) is 28.8 Å². The first-order valence-corrected chi connectivity index (χ1v) is 5.67. The molecular formula is C14H9N5. The number of nitrogens with zero attached hydrogens (tertiary/aromatic N) is 3. The maximum Gasteiger partial charge on any atom is 0.145 e. The normalized spacial score (nSPS) is 10.5. The summed E-state index contributed by atoms with van der Waals surface area (Å²) in [6.07, 6.45) is 0. The Balaban J connectivity index is 2.75. The first-order chi connectivity index (χ1) is 9.19. The molecule has 0 spiro atoms. The molecule has 0 aliphatic heterocycles. The molecular weight excluding hydrogens is 238 g/mol. The van der Waals surface area contributed by atoms with Crippen molar-refractivity contribution in [3.05, 3.63) is 40.9 Å². The van der Waals surface area contributed by atoms with Crippen molar-refractivity contribution in [2.24, 2.45) is 7.05 Å². The van der Waals surface area contributed by atoms with Crippen LogP contribution < -0.4 is 5.49 Å². The highest BCUT2D eigenvalue weighted by Gasteiger charge is 2.16. The van der Waals surface area contributed by atoms with E-state index in [0.29, 0.717) is 11.0 Å². The van der Waals surface area contributed by atoms with Crippen molar-refractivity contribution in [2.75, 3.05) is 0 Å². The second kappa shape index (κ2) is 3.72. The lowest BCUT2D eigenvalue weighted by Crippen LogP contribution is -2.21. The van der Waals surface area contributed by atoms with Crippen LogP contribution in [-0.4, -0.2) is 9.55 Å². The summed E-state index contributed by atoms with van der Waals surface area (Å²) >= 11 is 0. The molecule has 5 nitrogen and oxygen atoms in total. The van der Waals surface area contributed by atoms with Gasteiger partial charge in [-0.1, -0.05) is 18.2 Å². The average Bonchev–Trinajstić information content (AvgIpc) is 2.82. The zero-order valence-corrected chi connectivity index (χ0v) is 10.2. The monoisotopic (exact) mass is 247 g/mol. The predicted octanol–water partition coefficient (Wildman–Crippen LogP) is 1.88. The van der Waals surface area contributed by atoms with Gasteiger partial charge in [0.2, 0.25) is 0 Å². The summed E-state index contributed by atoms with van der Waals surface area (Å²) in [7, 11) is 1.71. The molecule has 3 rings (SSSR count). The zero-order chi connectivity index (χ0) is 13.6. The zero-order valence-electron chi connectivity index (χ0n) is 10.2. The summed E-state index contributed by atoms with van der Waals surface area (Å²) in [5.74, 6) is 0. The molecule has 0 saturated carbocycles. The van der Waals surface area contributed by atoms with E-state index < -0.39 is 0 Å². The van der Waals surface area contributed by atoms with Crippen molar-refractivity contribution >= 4 is 21.9 Å². The minimum absolute atomic E-state index is 0.0399. The van der Waals surface area contributed by atoms with Crippen molar-refractivity contribution in [1.82, 2.24) is 9.55 Å². The van der Waals surface area contributed by atoms with E-state index in [9.17, 15) is 10.5 Å². The third-order valence-corrected chi connectivity index (χ3v) is 3.32. The van der Waals surface area contributed by atoms with Gasteiger partial charge >= 0.3 is 0 Å².